The van der Waals surface area contributed by atoms with Gasteiger partial charge in [-0.25, -0.2) is 0 Å². The average molecular weight is 266 g/mol. The predicted molar refractivity (Wildman–Crippen MR) is 78.9 cm³/mol. The number of rotatable bonds is 9. The summed E-state index contributed by atoms with van der Waals surface area (Å²) in [6.45, 7) is 10.5. The predicted octanol–water partition coefficient (Wildman–Crippen LogP) is 1.56. The Balaban J connectivity index is 2.19. The lowest BCUT2D eigenvalue weighted by Crippen LogP contribution is -2.26. The van der Waals surface area contributed by atoms with Gasteiger partial charge in [0.2, 0.25) is 0 Å². The molecule has 19 heavy (non-hydrogen) atoms. The summed E-state index contributed by atoms with van der Waals surface area (Å²) in [6.07, 6.45) is 0. The van der Waals surface area contributed by atoms with Crippen LogP contribution in [0.5, 0.6) is 5.75 Å². The number of hydrogen-bond acceptors (Lipinski definition) is 4. The lowest BCUT2D eigenvalue weighted by molar-refractivity contribution is 0.101. The Morgan fingerprint density at radius 1 is 1.00 bits per heavy atom. The minimum absolute atomic E-state index is 0.585. The van der Waals surface area contributed by atoms with Crippen molar-refractivity contribution in [2.75, 3.05) is 39.5 Å². The van der Waals surface area contributed by atoms with Crippen LogP contribution in [0.4, 0.5) is 0 Å². The second kappa shape index (κ2) is 8.91. The molecule has 0 heterocycles. The van der Waals surface area contributed by atoms with Crippen LogP contribution in [0.1, 0.15) is 16.7 Å². The van der Waals surface area contributed by atoms with Crippen LogP contribution in [0.2, 0.25) is 0 Å². The molecule has 4 heteroatoms. The Labute approximate surface area is 116 Å². The van der Waals surface area contributed by atoms with Crippen molar-refractivity contribution in [1.82, 2.24) is 5.32 Å². The van der Waals surface area contributed by atoms with E-state index >= 15 is 0 Å². The summed E-state index contributed by atoms with van der Waals surface area (Å²) >= 11 is 0. The highest BCUT2D eigenvalue weighted by Crippen LogP contribution is 2.24. The summed E-state index contributed by atoms with van der Waals surface area (Å²) in [5.41, 5.74) is 9.00. The highest BCUT2D eigenvalue weighted by atomic mass is 16.5. The van der Waals surface area contributed by atoms with E-state index in [1.54, 1.807) is 0 Å². The Hall–Kier alpha value is -1.10. The van der Waals surface area contributed by atoms with Crippen LogP contribution >= 0.6 is 0 Å². The van der Waals surface area contributed by atoms with Crippen molar-refractivity contribution >= 4 is 0 Å². The molecule has 0 bridgehead atoms. The van der Waals surface area contributed by atoms with Gasteiger partial charge in [0.25, 0.3) is 0 Å². The third-order valence-corrected chi connectivity index (χ3v) is 2.82. The molecule has 0 atom stereocenters. The SMILES string of the molecule is Cc1cc(C)c(OCCOCCNCCN)c(C)c1. The minimum Gasteiger partial charge on any atom is -0.491 e. The van der Waals surface area contributed by atoms with Crippen molar-refractivity contribution in [2.45, 2.75) is 20.8 Å². The first-order chi connectivity index (χ1) is 9.15. The molecule has 0 fully saturated rings. The van der Waals surface area contributed by atoms with Crippen LogP contribution in [0.25, 0.3) is 0 Å². The summed E-state index contributed by atoms with van der Waals surface area (Å²) in [6, 6.07) is 4.28. The Morgan fingerprint density at radius 3 is 2.32 bits per heavy atom. The van der Waals surface area contributed by atoms with E-state index in [0.29, 0.717) is 26.4 Å². The van der Waals surface area contributed by atoms with E-state index in [2.05, 4.69) is 38.2 Å². The van der Waals surface area contributed by atoms with Crippen molar-refractivity contribution < 1.29 is 9.47 Å². The first-order valence-electron chi connectivity index (χ1n) is 6.84. The number of hydrogen-bond donors (Lipinski definition) is 2. The molecule has 1 aromatic rings. The van der Waals surface area contributed by atoms with Gasteiger partial charge in [-0.1, -0.05) is 17.7 Å². The van der Waals surface area contributed by atoms with Crippen LogP contribution in [-0.4, -0.2) is 39.5 Å². The molecule has 108 valence electrons. The molecule has 0 saturated heterocycles. The van der Waals surface area contributed by atoms with E-state index in [1.807, 2.05) is 0 Å². The summed E-state index contributed by atoms with van der Waals surface area (Å²) in [5, 5.41) is 3.18. The number of aryl methyl sites for hydroxylation is 3. The summed E-state index contributed by atoms with van der Waals surface area (Å²) in [5.74, 6) is 0.982. The Morgan fingerprint density at radius 2 is 1.68 bits per heavy atom. The molecule has 3 N–H and O–H groups in total. The topological polar surface area (TPSA) is 56.5 Å². The molecule has 0 aliphatic carbocycles. The van der Waals surface area contributed by atoms with Crippen molar-refractivity contribution in [2.24, 2.45) is 5.73 Å². The summed E-state index contributed by atoms with van der Waals surface area (Å²) < 4.78 is 11.3. The van der Waals surface area contributed by atoms with Crippen LogP contribution in [-0.2, 0) is 4.74 Å². The molecule has 0 saturated carbocycles. The van der Waals surface area contributed by atoms with Gasteiger partial charge in [-0.15, -0.1) is 0 Å². The first kappa shape index (κ1) is 16.0. The van der Waals surface area contributed by atoms with Gasteiger partial charge in [0.05, 0.1) is 13.2 Å². The molecular weight excluding hydrogens is 240 g/mol. The van der Waals surface area contributed by atoms with Crippen LogP contribution in [0, 0.1) is 20.8 Å². The van der Waals surface area contributed by atoms with E-state index < -0.39 is 0 Å². The van der Waals surface area contributed by atoms with Crippen molar-refractivity contribution in [1.29, 1.82) is 0 Å². The van der Waals surface area contributed by atoms with Gasteiger partial charge >= 0.3 is 0 Å². The maximum atomic E-state index is 5.78. The Kier molecular flexibility index (Phi) is 7.48. The van der Waals surface area contributed by atoms with E-state index in [-0.39, 0.29) is 0 Å². The zero-order valence-corrected chi connectivity index (χ0v) is 12.3. The molecular formula is C15H26N2O2. The van der Waals surface area contributed by atoms with Gasteiger partial charge in [-0.2, -0.15) is 0 Å². The molecule has 0 aliphatic rings. The van der Waals surface area contributed by atoms with Crippen LogP contribution in [0.3, 0.4) is 0 Å². The minimum atomic E-state index is 0.585. The molecule has 0 spiro atoms. The van der Waals surface area contributed by atoms with Crippen molar-refractivity contribution in [3.63, 3.8) is 0 Å². The highest BCUT2D eigenvalue weighted by molar-refractivity contribution is 5.42. The lowest BCUT2D eigenvalue weighted by Gasteiger charge is -2.13. The average Bonchev–Trinajstić information content (AvgIpc) is 2.35. The second-order valence-corrected chi connectivity index (χ2v) is 4.73. The van der Waals surface area contributed by atoms with Gasteiger partial charge in [0, 0.05) is 19.6 Å². The fourth-order valence-electron chi connectivity index (χ4n) is 2.07. The normalized spacial score (nSPS) is 10.7. The monoisotopic (exact) mass is 266 g/mol. The van der Waals surface area contributed by atoms with Gasteiger partial charge in [0.1, 0.15) is 12.4 Å². The number of benzene rings is 1. The largest absolute Gasteiger partial charge is 0.491 e. The Bertz CT molecular complexity index is 357. The highest BCUT2D eigenvalue weighted by Gasteiger charge is 2.04. The fraction of sp³-hybridized carbons (Fsp3) is 0.600. The third kappa shape index (κ3) is 6.05. The molecule has 4 nitrogen and oxygen atoms in total. The maximum absolute atomic E-state index is 5.78. The van der Waals surface area contributed by atoms with E-state index in [1.165, 1.54) is 16.7 Å². The van der Waals surface area contributed by atoms with Gasteiger partial charge in [0.15, 0.2) is 0 Å². The lowest BCUT2D eigenvalue weighted by atomic mass is 10.1. The summed E-state index contributed by atoms with van der Waals surface area (Å²) in [7, 11) is 0. The van der Waals surface area contributed by atoms with E-state index in [0.717, 1.165) is 18.8 Å². The summed E-state index contributed by atoms with van der Waals surface area (Å²) in [4.78, 5) is 0. The molecule has 1 rings (SSSR count). The van der Waals surface area contributed by atoms with E-state index in [9.17, 15) is 0 Å². The number of nitrogens with one attached hydrogen (secondary N) is 1. The molecule has 0 aliphatic heterocycles. The number of ether oxygens (including phenoxy) is 2. The zero-order chi connectivity index (χ0) is 14.1. The zero-order valence-electron chi connectivity index (χ0n) is 12.3. The van der Waals surface area contributed by atoms with Gasteiger partial charge < -0.3 is 20.5 Å². The molecule has 1 aromatic carbocycles. The van der Waals surface area contributed by atoms with E-state index in [4.69, 9.17) is 15.2 Å². The third-order valence-electron chi connectivity index (χ3n) is 2.82. The van der Waals surface area contributed by atoms with Crippen molar-refractivity contribution in [3.8, 4) is 5.75 Å². The van der Waals surface area contributed by atoms with Crippen molar-refractivity contribution in [3.05, 3.63) is 28.8 Å². The number of nitrogens with two attached hydrogens (primary N) is 1. The maximum Gasteiger partial charge on any atom is 0.125 e. The van der Waals surface area contributed by atoms with Gasteiger partial charge in [-0.3, -0.25) is 0 Å². The van der Waals surface area contributed by atoms with Gasteiger partial charge in [-0.05, 0) is 31.9 Å². The van der Waals surface area contributed by atoms with Crippen LogP contribution < -0.4 is 15.8 Å². The smallest absolute Gasteiger partial charge is 0.125 e. The first-order valence-corrected chi connectivity index (χ1v) is 6.84. The standard InChI is InChI=1S/C15H26N2O2/c1-12-10-13(2)15(14(3)11-12)19-9-8-18-7-6-17-5-4-16/h10-11,17H,4-9,16H2,1-3H3. The fourth-order valence-corrected chi connectivity index (χ4v) is 2.07. The molecule has 0 aromatic heterocycles. The second-order valence-electron chi connectivity index (χ2n) is 4.73. The molecule has 0 amide bonds. The van der Waals surface area contributed by atoms with Crippen LogP contribution in [0.15, 0.2) is 12.1 Å². The quantitative estimate of drug-likeness (QED) is 0.666. The molecule has 0 unspecified atom stereocenters. The molecule has 0 radical (unpaired) electrons.